The standard InChI is InChI=1S/C10H11NO3S/c1-14-10(12)7-2-3-9-8(6-7)11-4-5-15(9)13/h2-3,6,11H,4-5H2,1H3/t15-/m1/s1. The first-order valence-corrected chi connectivity index (χ1v) is 5.89. The number of rotatable bonds is 1. The third-order valence-electron chi connectivity index (χ3n) is 2.25. The van der Waals surface area contributed by atoms with Gasteiger partial charge in [0.1, 0.15) is 0 Å². The van der Waals surface area contributed by atoms with E-state index in [1.54, 1.807) is 18.2 Å². The van der Waals surface area contributed by atoms with Gasteiger partial charge in [0, 0.05) is 12.3 Å². The van der Waals surface area contributed by atoms with E-state index in [4.69, 9.17) is 0 Å². The summed E-state index contributed by atoms with van der Waals surface area (Å²) in [5.74, 6) is 0.237. The van der Waals surface area contributed by atoms with Crippen molar-refractivity contribution >= 4 is 22.5 Å². The average Bonchev–Trinajstić information content (AvgIpc) is 2.28. The lowest BCUT2D eigenvalue weighted by atomic mass is 10.2. The molecule has 0 saturated heterocycles. The van der Waals surface area contributed by atoms with Crippen molar-refractivity contribution in [3.8, 4) is 0 Å². The number of fused-ring (bicyclic) bond motifs is 1. The van der Waals surface area contributed by atoms with Crippen molar-refractivity contribution in [3.05, 3.63) is 23.8 Å². The van der Waals surface area contributed by atoms with Gasteiger partial charge in [-0.3, -0.25) is 4.21 Å². The van der Waals surface area contributed by atoms with Gasteiger partial charge in [0.25, 0.3) is 0 Å². The zero-order valence-electron chi connectivity index (χ0n) is 8.28. The summed E-state index contributed by atoms with van der Waals surface area (Å²) in [6.45, 7) is 0.671. The fraction of sp³-hybridized carbons (Fsp3) is 0.300. The van der Waals surface area contributed by atoms with Gasteiger partial charge in [-0.25, -0.2) is 4.79 Å². The van der Waals surface area contributed by atoms with Crippen molar-refractivity contribution < 1.29 is 13.7 Å². The number of ether oxygens (including phenoxy) is 1. The van der Waals surface area contributed by atoms with Crippen molar-refractivity contribution in [3.63, 3.8) is 0 Å². The normalized spacial score (nSPS) is 18.9. The van der Waals surface area contributed by atoms with E-state index in [1.165, 1.54) is 7.11 Å². The van der Waals surface area contributed by atoms with Crippen LogP contribution < -0.4 is 5.32 Å². The summed E-state index contributed by atoms with van der Waals surface area (Å²) in [6.07, 6.45) is 0. The molecule has 1 aliphatic heterocycles. The van der Waals surface area contributed by atoms with E-state index in [0.717, 1.165) is 10.6 Å². The van der Waals surface area contributed by atoms with Crippen molar-refractivity contribution in [2.24, 2.45) is 0 Å². The Hall–Kier alpha value is -1.36. The van der Waals surface area contributed by atoms with Crippen LogP contribution in [0.1, 0.15) is 10.4 Å². The molecule has 1 atom stereocenters. The Balaban J connectivity index is 2.41. The lowest BCUT2D eigenvalue weighted by Crippen LogP contribution is -2.19. The quantitative estimate of drug-likeness (QED) is 0.725. The number of anilines is 1. The second-order valence-corrected chi connectivity index (χ2v) is 4.72. The molecule has 1 N–H and O–H groups in total. The molecular weight excluding hydrogens is 214 g/mol. The second kappa shape index (κ2) is 4.02. The van der Waals surface area contributed by atoms with Crippen LogP contribution in [0.25, 0.3) is 0 Å². The molecule has 0 amide bonds. The molecule has 0 bridgehead atoms. The van der Waals surface area contributed by atoms with Gasteiger partial charge in [-0.05, 0) is 18.2 Å². The Morgan fingerprint density at radius 3 is 3.07 bits per heavy atom. The number of esters is 1. The highest BCUT2D eigenvalue weighted by molar-refractivity contribution is 7.85. The fourth-order valence-electron chi connectivity index (χ4n) is 1.50. The van der Waals surface area contributed by atoms with Crippen molar-refractivity contribution in [2.45, 2.75) is 4.90 Å². The Morgan fingerprint density at radius 2 is 2.33 bits per heavy atom. The Labute approximate surface area is 90.1 Å². The molecule has 5 heteroatoms. The maximum absolute atomic E-state index is 11.6. The number of nitrogens with one attached hydrogen (secondary N) is 1. The average molecular weight is 225 g/mol. The first-order chi connectivity index (χ1) is 7.22. The van der Waals surface area contributed by atoms with Crippen LogP contribution in [0, 0.1) is 0 Å². The van der Waals surface area contributed by atoms with Gasteiger partial charge in [0.2, 0.25) is 0 Å². The third-order valence-corrected chi connectivity index (χ3v) is 3.67. The van der Waals surface area contributed by atoms with Gasteiger partial charge in [0.15, 0.2) is 0 Å². The number of carbonyl (C=O) groups is 1. The monoisotopic (exact) mass is 225 g/mol. The zero-order valence-corrected chi connectivity index (χ0v) is 9.10. The molecule has 1 aromatic rings. The van der Waals surface area contributed by atoms with E-state index in [-0.39, 0.29) is 5.97 Å². The fourth-order valence-corrected chi connectivity index (χ4v) is 2.60. The SMILES string of the molecule is COC(=O)c1ccc2c(c1)NCC[S@]2=O. The second-order valence-electron chi connectivity index (χ2n) is 3.18. The van der Waals surface area contributed by atoms with Crippen LogP contribution in [0.3, 0.4) is 0 Å². The molecule has 0 saturated carbocycles. The summed E-state index contributed by atoms with van der Waals surface area (Å²) in [6, 6.07) is 5.03. The van der Waals surface area contributed by atoms with Gasteiger partial charge in [0.05, 0.1) is 34.1 Å². The maximum atomic E-state index is 11.6. The summed E-state index contributed by atoms with van der Waals surface area (Å²) in [5.41, 5.74) is 1.24. The van der Waals surface area contributed by atoms with E-state index in [2.05, 4.69) is 10.1 Å². The van der Waals surface area contributed by atoms with Crippen LogP contribution in [0.5, 0.6) is 0 Å². The molecule has 0 spiro atoms. The molecule has 0 unspecified atom stereocenters. The lowest BCUT2D eigenvalue weighted by molar-refractivity contribution is 0.0600. The molecule has 0 aromatic heterocycles. The van der Waals surface area contributed by atoms with Crippen LogP contribution in [0.15, 0.2) is 23.1 Å². The Kier molecular flexibility index (Phi) is 2.73. The molecule has 80 valence electrons. The van der Waals surface area contributed by atoms with Crippen LogP contribution in [-0.4, -0.2) is 29.6 Å². The number of hydrogen-bond donors (Lipinski definition) is 1. The Morgan fingerprint density at radius 1 is 1.53 bits per heavy atom. The minimum Gasteiger partial charge on any atom is -0.465 e. The first-order valence-electron chi connectivity index (χ1n) is 4.57. The summed E-state index contributed by atoms with van der Waals surface area (Å²) in [7, 11) is 0.387. The van der Waals surface area contributed by atoms with Crippen LogP contribution in [0.4, 0.5) is 5.69 Å². The molecule has 1 aliphatic rings. The van der Waals surface area contributed by atoms with Gasteiger partial charge in [-0.1, -0.05) is 0 Å². The number of methoxy groups -OCH3 is 1. The minimum atomic E-state index is -0.953. The molecule has 0 aliphatic carbocycles. The van der Waals surface area contributed by atoms with Crippen molar-refractivity contribution in [1.82, 2.24) is 0 Å². The summed E-state index contributed by atoms with van der Waals surface area (Å²) >= 11 is 0. The highest BCUT2D eigenvalue weighted by Gasteiger charge is 2.17. The van der Waals surface area contributed by atoms with Gasteiger partial charge in [-0.2, -0.15) is 0 Å². The van der Waals surface area contributed by atoms with Crippen LogP contribution in [0.2, 0.25) is 0 Å². The molecule has 4 nitrogen and oxygen atoms in total. The zero-order chi connectivity index (χ0) is 10.8. The van der Waals surface area contributed by atoms with E-state index >= 15 is 0 Å². The largest absolute Gasteiger partial charge is 0.465 e. The van der Waals surface area contributed by atoms with E-state index < -0.39 is 10.8 Å². The molecule has 0 radical (unpaired) electrons. The lowest BCUT2D eigenvalue weighted by Gasteiger charge is -2.17. The molecule has 1 aromatic carbocycles. The third kappa shape index (κ3) is 1.87. The molecule has 15 heavy (non-hydrogen) atoms. The van der Waals surface area contributed by atoms with Gasteiger partial charge < -0.3 is 10.1 Å². The van der Waals surface area contributed by atoms with E-state index in [9.17, 15) is 9.00 Å². The Bertz CT molecular complexity index is 431. The van der Waals surface area contributed by atoms with Gasteiger partial charge >= 0.3 is 5.97 Å². The number of benzene rings is 1. The van der Waals surface area contributed by atoms with E-state index in [0.29, 0.717) is 17.9 Å². The topological polar surface area (TPSA) is 55.4 Å². The molecule has 1 heterocycles. The van der Waals surface area contributed by atoms with Crippen LogP contribution >= 0.6 is 0 Å². The highest BCUT2D eigenvalue weighted by atomic mass is 32.2. The highest BCUT2D eigenvalue weighted by Crippen LogP contribution is 2.24. The van der Waals surface area contributed by atoms with Crippen molar-refractivity contribution in [2.75, 3.05) is 24.7 Å². The van der Waals surface area contributed by atoms with E-state index in [1.807, 2.05) is 0 Å². The minimum absolute atomic E-state index is 0.379. The molecule has 0 fully saturated rings. The van der Waals surface area contributed by atoms with Crippen molar-refractivity contribution in [1.29, 1.82) is 0 Å². The number of hydrogen-bond acceptors (Lipinski definition) is 4. The predicted octanol–water partition coefficient (Wildman–Crippen LogP) is 1.01. The summed E-state index contributed by atoms with van der Waals surface area (Å²) < 4.78 is 16.2. The first kappa shape index (κ1) is 10.2. The maximum Gasteiger partial charge on any atom is 0.337 e. The summed E-state index contributed by atoms with van der Waals surface area (Å²) in [4.78, 5) is 12.0. The molecular formula is C10H11NO3S. The molecule has 2 rings (SSSR count). The predicted molar refractivity (Wildman–Crippen MR) is 57.5 cm³/mol. The number of carbonyl (C=O) groups excluding carboxylic acids is 1. The smallest absolute Gasteiger partial charge is 0.337 e. The van der Waals surface area contributed by atoms with Gasteiger partial charge in [-0.15, -0.1) is 0 Å². The van der Waals surface area contributed by atoms with Crippen LogP contribution in [-0.2, 0) is 15.5 Å². The summed E-state index contributed by atoms with van der Waals surface area (Å²) in [5, 5.41) is 3.11.